The predicted molar refractivity (Wildman–Crippen MR) is 109 cm³/mol. The normalized spacial score (nSPS) is 10.8. The summed E-state index contributed by atoms with van der Waals surface area (Å²) in [6, 6.07) is 13.1. The molecule has 0 amide bonds. The van der Waals surface area contributed by atoms with Crippen LogP contribution >= 0.6 is 11.8 Å². The molecule has 0 atom stereocenters. The van der Waals surface area contributed by atoms with Crippen LogP contribution in [0.25, 0.3) is 22.9 Å². The number of hydrogen-bond donors (Lipinski definition) is 0. The molecule has 154 valence electrons. The van der Waals surface area contributed by atoms with Crippen molar-refractivity contribution in [3.05, 3.63) is 48.4 Å². The average molecular weight is 426 g/mol. The monoisotopic (exact) mass is 426 g/mol. The fourth-order valence-corrected chi connectivity index (χ4v) is 3.32. The Morgan fingerprint density at radius 1 is 0.767 bits per heavy atom. The van der Waals surface area contributed by atoms with Gasteiger partial charge in [0.25, 0.3) is 5.22 Å². The van der Waals surface area contributed by atoms with Crippen molar-refractivity contribution in [1.82, 2.24) is 20.4 Å². The molecule has 0 aliphatic carbocycles. The van der Waals surface area contributed by atoms with E-state index in [1.54, 1.807) is 33.5 Å². The van der Waals surface area contributed by atoms with Gasteiger partial charge in [0.1, 0.15) is 0 Å². The lowest BCUT2D eigenvalue weighted by molar-refractivity contribution is 0.324. The van der Waals surface area contributed by atoms with Crippen LogP contribution in [0.15, 0.2) is 56.5 Å². The number of hydrogen-bond acceptors (Lipinski definition) is 10. The van der Waals surface area contributed by atoms with E-state index in [-0.39, 0.29) is 0 Å². The molecule has 2 heterocycles. The smallest absolute Gasteiger partial charge is 0.277 e. The van der Waals surface area contributed by atoms with E-state index in [0.717, 1.165) is 5.56 Å². The van der Waals surface area contributed by atoms with Gasteiger partial charge in [-0.15, -0.1) is 20.4 Å². The zero-order chi connectivity index (χ0) is 20.9. The molecule has 0 saturated carbocycles. The van der Waals surface area contributed by atoms with E-state index in [1.807, 2.05) is 30.3 Å². The van der Waals surface area contributed by atoms with Gasteiger partial charge in [-0.3, -0.25) is 0 Å². The minimum Gasteiger partial charge on any atom is -0.493 e. The first-order valence-electron chi connectivity index (χ1n) is 8.86. The van der Waals surface area contributed by atoms with Crippen LogP contribution in [-0.4, -0.2) is 41.7 Å². The molecule has 30 heavy (non-hydrogen) atoms. The number of thioether (sulfide) groups is 1. The maximum Gasteiger partial charge on any atom is 0.277 e. The van der Waals surface area contributed by atoms with Gasteiger partial charge in [0.15, 0.2) is 11.5 Å². The third kappa shape index (κ3) is 4.08. The van der Waals surface area contributed by atoms with E-state index in [9.17, 15) is 0 Å². The van der Waals surface area contributed by atoms with Crippen molar-refractivity contribution in [2.45, 2.75) is 11.0 Å². The van der Waals surface area contributed by atoms with Crippen LogP contribution in [0, 0.1) is 0 Å². The first-order chi connectivity index (χ1) is 14.7. The molecule has 0 N–H and O–H groups in total. The van der Waals surface area contributed by atoms with E-state index in [4.69, 9.17) is 23.0 Å². The second-order valence-electron chi connectivity index (χ2n) is 5.94. The molecule has 0 unspecified atom stereocenters. The fourth-order valence-electron chi connectivity index (χ4n) is 2.72. The molecule has 2 aromatic heterocycles. The van der Waals surface area contributed by atoms with Crippen molar-refractivity contribution in [2.75, 3.05) is 21.3 Å². The Morgan fingerprint density at radius 3 is 2.10 bits per heavy atom. The van der Waals surface area contributed by atoms with Crippen LogP contribution in [0.2, 0.25) is 0 Å². The summed E-state index contributed by atoms with van der Waals surface area (Å²) in [7, 11) is 4.64. The Hall–Kier alpha value is -3.53. The van der Waals surface area contributed by atoms with Gasteiger partial charge in [-0.1, -0.05) is 30.0 Å². The van der Waals surface area contributed by atoms with Crippen molar-refractivity contribution < 1.29 is 23.0 Å². The van der Waals surface area contributed by atoms with Crippen LogP contribution in [0.3, 0.4) is 0 Å². The van der Waals surface area contributed by atoms with Crippen molar-refractivity contribution in [1.29, 1.82) is 0 Å². The minimum atomic E-state index is 0.326. The molecular weight excluding hydrogens is 408 g/mol. The Bertz CT molecular complexity index is 1100. The SMILES string of the molecule is COc1cc(-c2nnc(SCc3nnc(-c4ccccc4)o3)o2)cc(OC)c1OC. The molecule has 0 saturated heterocycles. The van der Waals surface area contributed by atoms with Crippen molar-refractivity contribution in [3.63, 3.8) is 0 Å². The van der Waals surface area contributed by atoms with Crippen LogP contribution in [0.4, 0.5) is 0 Å². The van der Waals surface area contributed by atoms with Crippen molar-refractivity contribution in [2.24, 2.45) is 0 Å². The van der Waals surface area contributed by atoms with Crippen LogP contribution in [0.1, 0.15) is 5.89 Å². The van der Waals surface area contributed by atoms with E-state index >= 15 is 0 Å². The van der Waals surface area contributed by atoms with Gasteiger partial charge in [0.2, 0.25) is 23.4 Å². The fraction of sp³-hybridized carbons (Fsp3) is 0.200. The highest BCUT2D eigenvalue weighted by Gasteiger charge is 2.18. The molecule has 4 rings (SSSR count). The largest absolute Gasteiger partial charge is 0.493 e. The average Bonchev–Trinajstić information content (AvgIpc) is 3.47. The summed E-state index contributed by atoms with van der Waals surface area (Å²) in [6.07, 6.45) is 0. The number of rotatable bonds is 8. The van der Waals surface area contributed by atoms with Gasteiger partial charge in [-0.25, -0.2) is 0 Å². The quantitative estimate of drug-likeness (QED) is 0.382. The number of benzene rings is 2. The summed E-state index contributed by atoms with van der Waals surface area (Å²) in [4.78, 5) is 0. The highest BCUT2D eigenvalue weighted by atomic mass is 32.2. The predicted octanol–water partition coefficient (Wildman–Crippen LogP) is 4.10. The summed E-state index contributed by atoms with van der Waals surface area (Å²) in [5.74, 6) is 3.14. The molecular formula is C20H18N4O5S. The molecule has 0 radical (unpaired) electrons. The zero-order valence-electron chi connectivity index (χ0n) is 16.5. The second-order valence-corrected chi connectivity index (χ2v) is 6.87. The molecule has 9 nitrogen and oxygen atoms in total. The molecule has 2 aromatic carbocycles. The zero-order valence-corrected chi connectivity index (χ0v) is 17.3. The molecule has 0 aliphatic rings. The van der Waals surface area contributed by atoms with E-state index < -0.39 is 0 Å². The first-order valence-corrected chi connectivity index (χ1v) is 9.85. The second kappa shape index (κ2) is 8.87. The van der Waals surface area contributed by atoms with Gasteiger partial charge in [-0.05, 0) is 24.3 Å². The third-order valence-electron chi connectivity index (χ3n) is 4.12. The number of aromatic nitrogens is 4. The Balaban J connectivity index is 1.48. The van der Waals surface area contributed by atoms with E-state index in [1.165, 1.54) is 11.8 Å². The summed E-state index contributed by atoms with van der Waals surface area (Å²) in [5, 5.41) is 16.7. The lowest BCUT2D eigenvalue weighted by Crippen LogP contribution is -1.95. The number of ether oxygens (including phenoxy) is 3. The van der Waals surface area contributed by atoms with Gasteiger partial charge in [0, 0.05) is 11.1 Å². The molecule has 10 heteroatoms. The van der Waals surface area contributed by atoms with E-state index in [2.05, 4.69) is 20.4 Å². The van der Waals surface area contributed by atoms with Gasteiger partial charge in [-0.2, -0.15) is 0 Å². The maximum absolute atomic E-state index is 5.75. The summed E-state index contributed by atoms with van der Waals surface area (Å²) >= 11 is 1.30. The molecule has 0 aliphatic heterocycles. The van der Waals surface area contributed by atoms with Crippen LogP contribution in [0.5, 0.6) is 17.2 Å². The van der Waals surface area contributed by atoms with Gasteiger partial charge >= 0.3 is 0 Å². The molecule has 4 aromatic rings. The Labute approximate surface area is 176 Å². The lowest BCUT2D eigenvalue weighted by atomic mass is 10.2. The third-order valence-corrected chi connectivity index (χ3v) is 4.93. The maximum atomic E-state index is 5.75. The minimum absolute atomic E-state index is 0.326. The Kier molecular flexibility index (Phi) is 5.84. The van der Waals surface area contributed by atoms with Crippen molar-refractivity contribution in [3.8, 4) is 40.2 Å². The molecule has 0 spiro atoms. The number of nitrogens with zero attached hydrogens (tertiary/aromatic N) is 4. The highest BCUT2D eigenvalue weighted by Crippen LogP contribution is 2.41. The van der Waals surface area contributed by atoms with E-state index in [0.29, 0.717) is 51.5 Å². The summed E-state index contributed by atoms with van der Waals surface area (Å²) in [6.45, 7) is 0. The Morgan fingerprint density at radius 2 is 1.43 bits per heavy atom. The highest BCUT2D eigenvalue weighted by molar-refractivity contribution is 7.98. The molecule has 0 bridgehead atoms. The van der Waals surface area contributed by atoms with Crippen LogP contribution in [-0.2, 0) is 5.75 Å². The van der Waals surface area contributed by atoms with Crippen LogP contribution < -0.4 is 14.2 Å². The van der Waals surface area contributed by atoms with Crippen molar-refractivity contribution >= 4 is 11.8 Å². The standard InChI is InChI=1S/C20H18N4O5S/c1-25-14-9-13(10-15(26-2)17(14)27-3)19-23-24-20(29-19)30-11-16-21-22-18(28-16)12-7-5-4-6-8-12/h4-10H,11H2,1-3H3. The topological polar surface area (TPSA) is 106 Å². The molecule has 0 fully saturated rings. The lowest BCUT2D eigenvalue weighted by Gasteiger charge is -2.12. The first kappa shape index (κ1) is 19.8. The van der Waals surface area contributed by atoms with Gasteiger partial charge < -0.3 is 23.0 Å². The summed E-state index contributed by atoms with van der Waals surface area (Å²) in [5.41, 5.74) is 1.51. The number of methoxy groups -OCH3 is 3. The van der Waals surface area contributed by atoms with Gasteiger partial charge in [0.05, 0.1) is 27.1 Å². The summed E-state index contributed by atoms with van der Waals surface area (Å²) < 4.78 is 27.5.